The molecule has 1 aliphatic rings. The van der Waals surface area contributed by atoms with Crippen molar-refractivity contribution in [1.82, 2.24) is 4.90 Å². The Kier molecular flexibility index (Phi) is 6.24. The van der Waals surface area contributed by atoms with Crippen molar-refractivity contribution in [3.05, 3.63) is 83.9 Å². The minimum Gasteiger partial charge on any atom is -0.368 e. The Labute approximate surface area is 189 Å². The van der Waals surface area contributed by atoms with E-state index in [1.807, 2.05) is 26.2 Å². The lowest BCUT2D eigenvalue weighted by molar-refractivity contribution is 0.0993. The van der Waals surface area contributed by atoms with Crippen LogP contribution in [0.1, 0.15) is 18.2 Å². The Hall–Kier alpha value is -3.25. The minimum atomic E-state index is -0.326. The van der Waals surface area contributed by atoms with E-state index in [0.29, 0.717) is 23.0 Å². The molecule has 1 atom stereocenters. The Bertz CT molecular complexity index is 1100. The number of rotatable bonds is 5. The summed E-state index contributed by atoms with van der Waals surface area (Å²) in [5, 5.41) is 0. The molecule has 0 aromatic heterocycles. The third-order valence-electron chi connectivity index (χ3n) is 6.17. The van der Waals surface area contributed by atoms with Crippen LogP contribution in [0.5, 0.6) is 0 Å². The highest BCUT2D eigenvalue weighted by Crippen LogP contribution is 2.29. The van der Waals surface area contributed by atoms with Crippen molar-refractivity contribution in [2.24, 2.45) is 0 Å². The Morgan fingerprint density at radius 2 is 1.56 bits per heavy atom. The van der Waals surface area contributed by atoms with Gasteiger partial charge in [0.05, 0.1) is 5.69 Å². The van der Waals surface area contributed by atoms with Gasteiger partial charge in [-0.1, -0.05) is 24.3 Å². The summed E-state index contributed by atoms with van der Waals surface area (Å²) in [6.45, 7) is 1.60. The van der Waals surface area contributed by atoms with Crippen LogP contribution in [-0.4, -0.2) is 51.1 Å². The van der Waals surface area contributed by atoms with Crippen LogP contribution in [0.15, 0.2) is 66.7 Å². The van der Waals surface area contributed by atoms with Crippen molar-refractivity contribution in [2.75, 3.05) is 44.0 Å². The predicted octanol–water partition coefficient (Wildman–Crippen LogP) is 5.29. The molecule has 1 heterocycles. The normalized spacial score (nSPS) is 15.9. The standard InChI is InChI=1S/C26H27F2N3O.H2/c1-29(2)23-14-15-31(17-23)25-13-12-22(16-24(25)28)30(3)26(32)20-6-4-18(5-7-20)19-8-10-21(27)11-9-19;/h4-13,16,23H,14-15,17H2,1-3H3;1H. The Balaban J connectivity index is 0.00000306. The summed E-state index contributed by atoms with van der Waals surface area (Å²) in [5.41, 5.74) is 3.33. The predicted molar refractivity (Wildman–Crippen MR) is 127 cm³/mol. The average Bonchev–Trinajstić information content (AvgIpc) is 3.29. The molecular weight excluding hydrogens is 408 g/mol. The lowest BCUT2D eigenvalue weighted by Gasteiger charge is -2.24. The summed E-state index contributed by atoms with van der Waals surface area (Å²) in [5.74, 6) is -0.840. The molecule has 0 spiro atoms. The Morgan fingerprint density at radius 3 is 2.12 bits per heavy atom. The van der Waals surface area contributed by atoms with Crippen LogP contribution in [-0.2, 0) is 0 Å². The number of carbonyl (C=O) groups is 1. The van der Waals surface area contributed by atoms with E-state index in [2.05, 4.69) is 9.80 Å². The van der Waals surface area contributed by atoms with Gasteiger partial charge >= 0.3 is 0 Å². The lowest BCUT2D eigenvalue weighted by Crippen LogP contribution is -2.31. The van der Waals surface area contributed by atoms with E-state index in [1.165, 1.54) is 23.1 Å². The maximum absolute atomic E-state index is 14.9. The van der Waals surface area contributed by atoms with E-state index in [-0.39, 0.29) is 19.0 Å². The first-order valence-electron chi connectivity index (χ1n) is 10.7. The van der Waals surface area contributed by atoms with Crippen LogP contribution >= 0.6 is 0 Å². The summed E-state index contributed by atoms with van der Waals surface area (Å²) in [6, 6.07) is 18.7. The van der Waals surface area contributed by atoms with E-state index in [1.54, 1.807) is 43.4 Å². The van der Waals surface area contributed by atoms with Crippen LogP contribution < -0.4 is 9.80 Å². The van der Waals surface area contributed by atoms with Crippen LogP contribution in [0.3, 0.4) is 0 Å². The molecular formula is C26H29F2N3O. The van der Waals surface area contributed by atoms with Gasteiger partial charge in [0.1, 0.15) is 11.6 Å². The van der Waals surface area contributed by atoms with Crippen LogP contribution in [0.25, 0.3) is 11.1 Å². The number of hydrogen-bond acceptors (Lipinski definition) is 3. The quantitative estimate of drug-likeness (QED) is 0.542. The highest BCUT2D eigenvalue weighted by molar-refractivity contribution is 6.06. The molecule has 6 heteroatoms. The van der Waals surface area contributed by atoms with Gasteiger partial charge in [-0.2, -0.15) is 0 Å². The van der Waals surface area contributed by atoms with Crippen molar-refractivity contribution in [3.8, 4) is 11.1 Å². The van der Waals surface area contributed by atoms with Gasteiger partial charge in [-0.25, -0.2) is 8.78 Å². The maximum atomic E-state index is 14.9. The zero-order valence-electron chi connectivity index (χ0n) is 18.6. The van der Waals surface area contributed by atoms with Crippen molar-refractivity contribution in [1.29, 1.82) is 0 Å². The third-order valence-corrected chi connectivity index (χ3v) is 6.17. The summed E-state index contributed by atoms with van der Waals surface area (Å²) >= 11 is 0. The number of halogens is 2. The summed E-state index contributed by atoms with van der Waals surface area (Å²) in [4.78, 5) is 18.6. The van der Waals surface area contributed by atoms with Gasteiger partial charge in [-0.05, 0) is 74.1 Å². The molecule has 0 radical (unpaired) electrons. The van der Waals surface area contributed by atoms with Crippen LogP contribution in [0.4, 0.5) is 20.2 Å². The SMILES string of the molecule is CN(C(=O)c1ccc(-c2ccc(F)cc2)cc1)c1ccc(N2CCC(N(C)C)C2)c(F)c1.[HH]. The molecule has 4 rings (SSSR count). The monoisotopic (exact) mass is 437 g/mol. The second-order valence-corrected chi connectivity index (χ2v) is 8.44. The van der Waals surface area contributed by atoms with E-state index in [0.717, 1.165) is 30.6 Å². The molecule has 1 fully saturated rings. The van der Waals surface area contributed by atoms with E-state index < -0.39 is 0 Å². The number of amides is 1. The van der Waals surface area contributed by atoms with Gasteiger partial charge in [0, 0.05) is 38.9 Å². The van der Waals surface area contributed by atoms with Crippen LogP contribution in [0.2, 0.25) is 0 Å². The smallest absolute Gasteiger partial charge is 0.258 e. The van der Waals surface area contributed by atoms with Gasteiger partial charge < -0.3 is 14.7 Å². The molecule has 0 N–H and O–H groups in total. The second-order valence-electron chi connectivity index (χ2n) is 8.44. The first-order valence-corrected chi connectivity index (χ1v) is 10.7. The lowest BCUT2D eigenvalue weighted by atomic mass is 10.0. The molecule has 1 saturated heterocycles. The van der Waals surface area contributed by atoms with Gasteiger partial charge in [-0.3, -0.25) is 4.79 Å². The highest BCUT2D eigenvalue weighted by atomic mass is 19.1. The van der Waals surface area contributed by atoms with Gasteiger partial charge in [-0.15, -0.1) is 0 Å². The van der Waals surface area contributed by atoms with Gasteiger partial charge in [0.2, 0.25) is 0 Å². The Morgan fingerprint density at radius 1 is 0.938 bits per heavy atom. The van der Waals surface area contributed by atoms with Crippen molar-refractivity contribution < 1.29 is 15.0 Å². The largest absolute Gasteiger partial charge is 0.368 e. The number of likely N-dealkylation sites (N-methyl/N-ethyl adjacent to an activating group) is 1. The van der Waals surface area contributed by atoms with Gasteiger partial charge in [0.15, 0.2) is 0 Å². The molecule has 0 saturated carbocycles. The molecule has 1 amide bonds. The first kappa shape index (κ1) is 22.0. The first-order chi connectivity index (χ1) is 15.3. The van der Waals surface area contributed by atoms with E-state index >= 15 is 0 Å². The van der Waals surface area contributed by atoms with E-state index in [4.69, 9.17) is 0 Å². The number of benzene rings is 3. The fraction of sp³-hybridized carbons (Fsp3) is 0.269. The molecule has 1 unspecified atom stereocenters. The van der Waals surface area contributed by atoms with E-state index in [9.17, 15) is 13.6 Å². The zero-order chi connectivity index (χ0) is 22.8. The van der Waals surface area contributed by atoms with Crippen molar-refractivity contribution >= 4 is 17.3 Å². The summed E-state index contributed by atoms with van der Waals surface area (Å²) in [7, 11) is 5.73. The molecule has 4 nitrogen and oxygen atoms in total. The number of hydrogen-bond donors (Lipinski definition) is 0. The number of nitrogens with zero attached hydrogens (tertiary/aromatic N) is 3. The van der Waals surface area contributed by atoms with Gasteiger partial charge in [0.25, 0.3) is 5.91 Å². The minimum absolute atomic E-state index is 0. The summed E-state index contributed by atoms with van der Waals surface area (Å²) in [6.07, 6.45) is 1.00. The fourth-order valence-electron chi connectivity index (χ4n) is 4.10. The van der Waals surface area contributed by atoms with Crippen LogP contribution in [0, 0.1) is 11.6 Å². The number of anilines is 2. The highest BCUT2D eigenvalue weighted by Gasteiger charge is 2.26. The summed E-state index contributed by atoms with van der Waals surface area (Å²) < 4.78 is 28.0. The molecule has 3 aromatic carbocycles. The molecule has 168 valence electrons. The zero-order valence-corrected chi connectivity index (χ0v) is 18.6. The third kappa shape index (κ3) is 4.50. The number of carbonyl (C=O) groups excluding carboxylic acids is 1. The maximum Gasteiger partial charge on any atom is 0.258 e. The van der Waals surface area contributed by atoms with Crippen molar-refractivity contribution in [2.45, 2.75) is 12.5 Å². The fourth-order valence-corrected chi connectivity index (χ4v) is 4.10. The topological polar surface area (TPSA) is 26.8 Å². The molecule has 1 aliphatic heterocycles. The molecule has 3 aromatic rings. The molecule has 0 aliphatic carbocycles. The molecule has 0 bridgehead atoms. The molecule has 32 heavy (non-hydrogen) atoms. The second kappa shape index (κ2) is 9.09. The van der Waals surface area contributed by atoms with Crippen molar-refractivity contribution in [3.63, 3.8) is 0 Å². The average molecular weight is 438 g/mol.